The van der Waals surface area contributed by atoms with Gasteiger partial charge in [-0.2, -0.15) is 11.8 Å². The molecule has 4 heteroatoms. The first-order chi connectivity index (χ1) is 8.02. The Bertz CT molecular complexity index is 337. The molecule has 0 bridgehead atoms. The van der Waals surface area contributed by atoms with Gasteiger partial charge in [0.05, 0.1) is 0 Å². The predicted molar refractivity (Wildman–Crippen MR) is 70.3 cm³/mol. The summed E-state index contributed by atoms with van der Waals surface area (Å²) < 4.78 is 26.1. The van der Waals surface area contributed by atoms with Crippen molar-refractivity contribution in [2.75, 3.05) is 18.6 Å². The number of rotatable bonds is 6. The van der Waals surface area contributed by atoms with Crippen molar-refractivity contribution < 1.29 is 8.78 Å². The maximum atomic E-state index is 13.0. The molecular weight excluding hydrogens is 240 g/mol. The molecule has 2 unspecified atom stereocenters. The molecule has 1 aromatic rings. The second-order valence-electron chi connectivity index (χ2n) is 4.39. The van der Waals surface area contributed by atoms with Crippen molar-refractivity contribution in [1.29, 1.82) is 0 Å². The van der Waals surface area contributed by atoms with E-state index in [1.165, 1.54) is 12.1 Å². The van der Waals surface area contributed by atoms with E-state index >= 15 is 0 Å². The summed E-state index contributed by atoms with van der Waals surface area (Å²) in [5.41, 5.74) is 0.652. The number of halogens is 2. The summed E-state index contributed by atoms with van der Waals surface area (Å²) in [6.45, 7) is 4.92. The molecule has 0 radical (unpaired) electrons. The fraction of sp³-hybridized carbons (Fsp3) is 0.538. The van der Waals surface area contributed by atoms with Gasteiger partial charge in [-0.05, 0) is 49.1 Å². The number of benzene rings is 1. The summed E-state index contributed by atoms with van der Waals surface area (Å²) >= 11 is 1.80. The van der Waals surface area contributed by atoms with Crippen LogP contribution in [0.25, 0.3) is 0 Å². The zero-order chi connectivity index (χ0) is 12.8. The topological polar surface area (TPSA) is 12.0 Å². The Morgan fingerprint density at radius 3 is 2.29 bits per heavy atom. The molecule has 1 aromatic carbocycles. The van der Waals surface area contributed by atoms with E-state index in [1.807, 2.05) is 6.92 Å². The maximum absolute atomic E-state index is 13.0. The molecular formula is C13H19F2NS. The van der Waals surface area contributed by atoms with Gasteiger partial charge in [0, 0.05) is 12.1 Å². The highest BCUT2D eigenvalue weighted by Gasteiger charge is 2.09. The molecule has 0 spiro atoms. The van der Waals surface area contributed by atoms with Crippen LogP contribution in [0.5, 0.6) is 0 Å². The molecule has 0 saturated heterocycles. The first-order valence-electron chi connectivity index (χ1n) is 5.71. The molecule has 0 amide bonds. The number of hydrogen-bond donors (Lipinski definition) is 1. The maximum Gasteiger partial charge on any atom is 0.126 e. The van der Waals surface area contributed by atoms with Crippen LogP contribution >= 0.6 is 11.8 Å². The molecule has 1 nitrogen and oxygen atoms in total. The fourth-order valence-corrected chi connectivity index (χ4v) is 2.35. The van der Waals surface area contributed by atoms with Crippen LogP contribution in [0.1, 0.15) is 25.5 Å². The second-order valence-corrected chi connectivity index (χ2v) is 5.30. The molecule has 96 valence electrons. The van der Waals surface area contributed by atoms with Crippen molar-refractivity contribution in [2.24, 2.45) is 5.92 Å². The Morgan fingerprint density at radius 2 is 1.76 bits per heavy atom. The molecule has 2 atom stereocenters. The van der Waals surface area contributed by atoms with E-state index in [1.54, 1.807) is 11.8 Å². The van der Waals surface area contributed by atoms with Crippen LogP contribution in [0.4, 0.5) is 8.78 Å². The Morgan fingerprint density at radius 1 is 1.18 bits per heavy atom. The molecule has 17 heavy (non-hydrogen) atoms. The SMILES string of the molecule is CSCC(C)CNC(C)c1cc(F)cc(F)c1. The molecule has 1 rings (SSSR count). The molecule has 0 aromatic heterocycles. The van der Waals surface area contributed by atoms with E-state index in [2.05, 4.69) is 18.5 Å². The summed E-state index contributed by atoms with van der Waals surface area (Å²) in [5.74, 6) is 0.583. The summed E-state index contributed by atoms with van der Waals surface area (Å²) in [6.07, 6.45) is 2.07. The molecule has 0 fully saturated rings. The van der Waals surface area contributed by atoms with E-state index in [9.17, 15) is 8.78 Å². The highest BCUT2D eigenvalue weighted by atomic mass is 32.2. The van der Waals surface area contributed by atoms with Gasteiger partial charge in [0.25, 0.3) is 0 Å². The van der Waals surface area contributed by atoms with Crippen LogP contribution in [0.3, 0.4) is 0 Å². The van der Waals surface area contributed by atoms with E-state index < -0.39 is 11.6 Å². The van der Waals surface area contributed by atoms with E-state index in [0.717, 1.165) is 18.4 Å². The van der Waals surface area contributed by atoms with Crippen molar-refractivity contribution in [3.05, 3.63) is 35.4 Å². The van der Waals surface area contributed by atoms with Gasteiger partial charge < -0.3 is 5.32 Å². The summed E-state index contributed by atoms with van der Waals surface area (Å²) in [6, 6.07) is 3.61. The van der Waals surface area contributed by atoms with Crippen molar-refractivity contribution in [3.63, 3.8) is 0 Å². The molecule has 1 N–H and O–H groups in total. The third kappa shape index (κ3) is 5.04. The van der Waals surface area contributed by atoms with Crippen LogP contribution in [0.15, 0.2) is 18.2 Å². The molecule has 0 aliphatic rings. The molecule has 0 aliphatic carbocycles. The number of hydrogen-bond acceptors (Lipinski definition) is 2. The Labute approximate surface area is 106 Å². The third-order valence-corrected chi connectivity index (χ3v) is 3.51. The largest absolute Gasteiger partial charge is 0.310 e. The smallest absolute Gasteiger partial charge is 0.126 e. The number of nitrogens with one attached hydrogen (secondary N) is 1. The lowest BCUT2D eigenvalue weighted by atomic mass is 10.1. The average Bonchev–Trinajstić information content (AvgIpc) is 2.25. The Balaban J connectivity index is 2.54. The Hall–Kier alpha value is -0.610. The van der Waals surface area contributed by atoms with Crippen molar-refractivity contribution in [2.45, 2.75) is 19.9 Å². The van der Waals surface area contributed by atoms with E-state index in [0.29, 0.717) is 11.5 Å². The third-order valence-electron chi connectivity index (χ3n) is 2.61. The highest BCUT2D eigenvalue weighted by molar-refractivity contribution is 7.98. The zero-order valence-corrected chi connectivity index (χ0v) is 11.3. The standard InChI is InChI=1S/C13H19F2NS/c1-9(8-17-3)7-16-10(2)11-4-12(14)6-13(15)5-11/h4-6,9-10,16H,7-8H2,1-3H3. The zero-order valence-electron chi connectivity index (χ0n) is 10.5. The van der Waals surface area contributed by atoms with Crippen molar-refractivity contribution in [1.82, 2.24) is 5.32 Å². The molecule has 0 heterocycles. The first-order valence-corrected chi connectivity index (χ1v) is 7.10. The first kappa shape index (κ1) is 14.5. The second kappa shape index (κ2) is 6.97. The highest BCUT2D eigenvalue weighted by Crippen LogP contribution is 2.16. The van der Waals surface area contributed by atoms with E-state index in [-0.39, 0.29) is 6.04 Å². The quantitative estimate of drug-likeness (QED) is 0.837. The minimum atomic E-state index is -0.522. The fourth-order valence-electron chi connectivity index (χ4n) is 1.66. The summed E-state index contributed by atoms with van der Waals surface area (Å²) in [5, 5.41) is 3.29. The van der Waals surface area contributed by atoms with Gasteiger partial charge in [-0.3, -0.25) is 0 Å². The lowest BCUT2D eigenvalue weighted by Crippen LogP contribution is -2.25. The van der Waals surface area contributed by atoms with Gasteiger partial charge in [-0.25, -0.2) is 8.78 Å². The van der Waals surface area contributed by atoms with Gasteiger partial charge in [0.2, 0.25) is 0 Å². The summed E-state index contributed by atoms with van der Waals surface area (Å²) in [4.78, 5) is 0. The van der Waals surface area contributed by atoms with Gasteiger partial charge in [-0.1, -0.05) is 6.92 Å². The minimum Gasteiger partial charge on any atom is -0.310 e. The minimum absolute atomic E-state index is 0.0375. The number of thioether (sulfide) groups is 1. The monoisotopic (exact) mass is 259 g/mol. The average molecular weight is 259 g/mol. The predicted octanol–water partition coefficient (Wildman–Crippen LogP) is 3.61. The van der Waals surface area contributed by atoms with Crippen LogP contribution in [-0.2, 0) is 0 Å². The molecule has 0 aliphatic heterocycles. The van der Waals surface area contributed by atoms with E-state index in [4.69, 9.17) is 0 Å². The van der Waals surface area contributed by atoms with Crippen molar-refractivity contribution >= 4 is 11.8 Å². The van der Waals surface area contributed by atoms with Crippen LogP contribution in [0, 0.1) is 17.6 Å². The van der Waals surface area contributed by atoms with Crippen LogP contribution in [0.2, 0.25) is 0 Å². The normalized spacial score (nSPS) is 14.6. The van der Waals surface area contributed by atoms with Crippen LogP contribution in [-0.4, -0.2) is 18.6 Å². The Kier molecular flexibility index (Phi) is 5.92. The summed E-state index contributed by atoms with van der Waals surface area (Å²) in [7, 11) is 0. The van der Waals surface area contributed by atoms with Crippen LogP contribution < -0.4 is 5.32 Å². The van der Waals surface area contributed by atoms with Gasteiger partial charge in [-0.15, -0.1) is 0 Å². The lowest BCUT2D eigenvalue weighted by molar-refractivity contribution is 0.494. The molecule has 0 saturated carbocycles. The van der Waals surface area contributed by atoms with Crippen molar-refractivity contribution in [3.8, 4) is 0 Å². The van der Waals surface area contributed by atoms with Gasteiger partial charge in [0.15, 0.2) is 0 Å². The van der Waals surface area contributed by atoms with Gasteiger partial charge in [0.1, 0.15) is 11.6 Å². The lowest BCUT2D eigenvalue weighted by Gasteiger charge is -2.17. The van der Waals surface area contributed by atoms with Gasteiger partial charge >= 0.3 is 0 Å².